The topological polar surface area (TPSA) is 48.9 Å². The van der Waals surface area contributed by atoms with Gasteiger partial charge in [-0.25, -0.2) is 4.98 Å². The Hall–Kier alpha value is -2.31. The Morgan fingerprint density at radius 1 is 1.07 bits per heavy atom. The lowest BCUT2D eigenvalue weighted by molar-refractivity contribution is 0.0767. The average molecular weight is 415 g/mol. The molecular weight excluding hydrogens is 388 g/mol. The molecule has 1 unspecified atom stereocenters. The molecule has 1 atom stereocenters. The fourth-order valence-electron chi connectivity index (χ4n) is 3.88. The van der Waals surface area contributed by atoms with Crippen molar-refractivity contribution in [2.24, 2.45) is 0 Å². The molecule has 0 N–H and O–H groups in total. The maximum Gasteiger partial charge on any atom is 0.272 e. The number of hydrogen-bond donors (Lipinski definition) is 0. The molecule has 2 aromatic rings. The van der Waals surface area contributed by atoms with Crippen LogP contribution >= 0.6 is 11.6 Å². The van der Waals surface area contributed by atoms with Crippen molar-refractivity contribution >= 4 is 23.3 Å². The second-order valence-electron chi connectivity index (χ2n) is 7.74. The molecular formula is C22H27ClN4O2. The molecule has 0 bridgehead atoms. The van der Waals surface area contributed by atoms with Gasteiger partial charge in [-0.3, -0.25) is 4.79 Å². The van der Waals surface area contributed by atoms with E-state index in [-0.39, 0.29) is 12.0 Å². The number of nitrogens with zero attached hydrogens (tertiary/aromatic N) is 4. The molecule has 7 heteroatoms. The van der Waals surface area contributed by atoms with Gasteiger partial charge in [-0.2, -0.15) is 0 Å². The van der Waals surface area contributed by atoms with Crippen LogP contribution in [0, 0.1) is 0 Å². The molecule has 0 spiro atoms. The summed E-state index contributed by atoms with van der Waals surface area (Å²) < 4.78 is 6.01. The molecule has 0 aliphatic carbocycles. The number of halogens is 1. The van der Waals surface area contributed by atoms with E-state index in [9.17, 15) is 4.79 Å². The molecule has 0 saturated carbocycles. The van der Waals surface area contributed by atoms with Gasteiger partial charge in [-0.15, -0.1) is 0 Å². The molecule has 6 nitrogen and oxygen atoms in total. The van der Waals surface area contributed by atoms with E-state index in [4.69, 9.17) is 16.3 Å². The highest BCUT2D eigenvalue weighted by molar-refractivity contribution is 6.32. The van der Waals surface area contributed by atoms with Gasteiger partial charge in [-0.1, -0.05) is 29.8 Å². The molecule has 0 radical (unpaired) electrons. The van der Waals surface area contributed by atoms with Gasteiger partial charge >= 0.3 is 0 Å². The average Bonchev–Trinajstić information content (AvgIpc) is 3.09. The number of ether oxygens (including phenoxy) is 1. The Kier molecular flexibility index (Phi) is 6.21. The lowest BCUT2D eigenvalue weighted by Crippen LogP contribution is -2.33. The molecule has 3 heterocycles. The molecule has 29 heavy (non-hydrogen) atoms. The van der Waals surface area contributed by atoms with Crippen LogP contribution in [-0.2, 0) is 0 Å². The van der Waals surface area contributed by atoms with Gasteiger partial charge in [0.15, 0.2) is 0 Å². The number of amides is 1. The maximum atomic E-state index is 13.0. The van der Waals surface area contributed by atoms with Crippen LogP contribution < -0.4 is 9.64 Å². The number of hydrogen-bond acceptors (Lipinski definition) is 5. The Balaban J connectivity index is 1.40. The largest absolute Gasteiger partial charge is 0.487 e. The van der Waals surface area contributed by atoms with E-state index in [0.29, 0.717) is 29.6 Å². The van der Waals surface area contributed by atoms with Gasteiger partial charge in [0.1, 0.15) is 23.4 Å². The standard InChI is InChI=1S/C22H27ClN4O2/c1-25-11-5-12-26(15-14-25)21-9-4-7-19(24-21)22(28)27-13-10-17(16-27)29-20-8-3-2-6-18(20)23/h2-4,6-9,17H,5,10-16H2,1H3. The van der Waals surface area contributed by atoms with Crippen molar-refractivity contribution in [2.75, 3.05) is 51.2 Å². The highest BCUT2D eigenvalue weighted by Crippen LogP contribution is 2.27. The molecule has 4 rings (SSSR count). The first-order valence-electron chi connectivity index (χ1n) is 10.2. The second kappa shape index (κ2) is 9.01. The van der Waals surface area contributed by atoms with Crippen LogP contribution in [0.25, 0.3) is 0 Å². The number of likely N-dealkylation sites (tertiary alicyclic amines) is 1. The Morgan fingerprint density at radius 2 is 1.93 bits per heavy atom. The SMILES string of the molecule is CN1CCCN(c2cccc(C(=O)N3CCC(Oc4ccccc4Cl)C3)n2)CC1. The van der Waals surface area contributed by atoms with Crippen molar-refractivity contribution < 1.29 is 9.53 Å². The zero-order valence-corrected chi connectivity index (χ0v) is 17.5. The van der Waals surface area contributed by atoms with Gasteiger partial charge < -0.3 is 19.4 Å². The van der Waals surface area contributed by atoms with E-state index in [1.165, 1.54) is 0 Å². The smallest absolute Gasteiger partial charge is 0.272 e. The lowest BCUT2D eigenvalue weighted by Gasteiger charge is -2.23. The van der Waals surface area contributed by atoms with Crippen LogP contribution in [-0.4, -0.2) is 73.1 Å². The summed E-state index contributed by atoms with van der Waals surface area (Å²) in [7, 11) is 2.14. The highest BCUT2D eigenvalue weighted by Gasteiger charge is 2.29. The second-order valence-corrected chi connectivity index (χ2v) is 8.14. The van der Waals surface area contributed by atoms with Crippen LogP contribution in [0.2, 0.25) is 5.02 Å². The third-order valence-electron chi connectivity index (χ3n) is 5.56. The summed E-state index contributed by atoms with van der Waals surface area (Å²) in [5.41, 5.74) is 0.499. The van der Waals surface area contributed by atoms with Crippen molar-refractivity contribution in [3.8, 4) is 5.75 Å². The minimum Gasteiger partial charge on any atom is -0.487 e. The van der Waals surface area contributed by atoms with Crippen LogP contribution in [0.3, 0.4) is 0 Å². The first-order chi connectivity index (χ1) is 14.1. The number of pyridine rings is 1. The van der Waals surface area contributed by atoms with E-state index < -0.39 is 0 Å². The van der Waals surface area contributed by atoms with E-state index in [1.54, 1.807) is 6.07 Å². The van der Waals surface area contributed by atoms with Crippen LogP contribution in [0.15, 0.2) is 42.5 Å². The van der Waals surface area contributed by atoms with E-state index >= 15 is 0 Å². The number of likely N-dealkylation sites (N-methyl/N-ethyl adjacent to an activating group) is 1. The molecule has 2 fully saturated rings. The Labute approximate surface area is 177 Å². The predicted molar refractivity (Wildman–Crippen MR) is 115 cm³/mol. The predicted octanol–water partition coefficient (Wildman–Crippen LogP) is 3.17. The van der Waals surface area contributed by atoms with Gasteiger partial charge in [-0.05, 0) is 44.3 Å². The van der Waals surface area contributed by atoms with Crippen molar-refractivity contribution in [3.63, 3.8) is 0 Å². The van der Waals surface area contributed by atoms with Gasteiger partial charge in [0, 0.05) is 32.6 Å². The molecule has 2 aliphatic rings. The molecule has 1 amide bonds. The number of para-hydroxylation sites is 1. The quantitative estimate of drug-likeness (QED) is 0.769. The van der Waals surface area contributed by atoms with Crippen molar-refractivity contribution in [1.29, 1.82) is 0 Å². The van der Waals surface area contributed by atoms with Crippen LogP contribution in [0.4, 0.5) is 5.82 Å². The Morgan fingerprint density at radius 3 is 2.79 bits per heavy atom. The lowest BCUT2D eigenvalue weighted by atomic mass is 10.3. The van der Waals surface area contributed by atoms with Crippen molar-refractivity contribution in [2.45, 2.75) is 18.9 Å². The van der Waals surface area contributed by atoms with Gasteiger partial charge in [0.2, 0.25) is 0 Å². The maximum absolute atomic E-state index is 13.0. The third kappa shape index (κ3) is 4.82. The van der Waals surface area contributed by atoms with Gasteiger partial charge in [0.25, 0.3) is 5.91 Å². The monoisotopic (exact) mass is 414 g/mol. The van der Waals surface area contributed by atoms with Crippen molar-refractivity contribution in [1.82, 2.24) is 14.8 Å². The zero-order chi connectivity index (χ0) is 20.2. The number of carbonyl (C=O) groups is 1. The van der Waals surface area contributed by atoms with E-state index in [2.05, 4.69) is 21.8 Å². The fraction of sp³-hybridized carbons (Fsp3) is 0.455. The molecule has 1 aromatic heterocycles. The minimum atomic E-state index is -0.0526. The summed E-state index contributed by atoms with van der Waals surface area (Å²) in [5.74, 6) is 1.51. The fourth-order valence-corrected chi connectivity index (χ4v) is 4.07. The Bertz CT molecular complexity index is 862. The first-order valence-corrected chi connectivity index (χ1v) is 10.6. The minimum absolute atomic E-state index is 0.0379. The number of benzene rings is 1. The van der Waals surface area contributed by atoms with E-state index in [1.807, 2.05) is 41.3 Å². The van der Waals surface area contributed by atoms with E-state index in [0.717, 1.165) is 44.8 Å². The number of aromatic nitrogens is 1. The highest BCUT2D eigenvalue weighted by atomic mass is 35.5. The van der Waals surface area contributed by atoms with Crippen LogP contribution in [0.1, 0.15) is 23.3 Å². The summed E-state index contributed by atoms with van der Waals surface area (Å²) in [6.07, 6.45) is 1.83. The molecule has 2 aliphatic heterocycles. The summed E-state index contributed by atoms with van der Waals surface area (Å²) >= 11 is 6.19. The first kappa shape index (κ1) is 20.0. The molecule has 2 saturated heterocycles. The molecule has 1 aromatic carbocycles. The summed E-state index contributed by atoms with van der Waals surface area (Å²) in [6, 6.07) is 13.2. The van der Waals surface area contributed by atoms with Crippen LogP contribution in [0.5, 0.6) is 5.75 Å². The summed E-state index contributed by atoms with van der Waals surface area (Å²) in [6.45, 7) is 5.20. The normalized spacial score (nSPS) is 20.6. The third-order valence-corrected chi connectivity index (χ3v) is 5.87. The van der Waals surface area contributed by atoms with Crippen molar-refractivity contribution in [3.05, 3.63) is 53.2 Å². The summed E-state index contributed by atoms with van der Waals surface area (Å²) in [5, 5.41) is 0.592. The summed E-state index contributed by atoms with van der Waals surface area (Å²) in [4.78, 5) is 24.1. The number of anilines is 1. The number of rotatable bonds is 4. The zero-order valence-electron chi connectivity index (χ0n) is 16.8. The number of carbonyl (C=O) groups excluding carboxylic acids is 1. The molecule has 154 valence electrons. The van der Waals surface area contributed by atoms with Gasteiger partial charge in [0.05, 0.1) is 11.6 Å².